The zero-order valence-corrected chi connectivity index (χ0v) is 17.4. The average molecular weight is 466 g/mol. The average Bonchev–Trinajstić information content (AvgIpc) is 2.93. The maximum Gasteiger partial charge on any atom is 0.293 e. The fourth-order valence-electron chi connectivity index (χ4n) is 2.52. The van der Waals surface area contributed by atoms with Gasteiger partial charge in [-0.05, 0) is 57.5 Å². The molecule has 1 aliphatic rings. The Labute approximate surface area is 174 Å². The van der Waals surface area contributed by atoms with Crippen molar-refractivity contribution in [1.82, 2.24) is 4.90 Å². The van der Waals surface area contributed by atoms with Gasteiger partial charge in [0, 0.05) is 12.7 Å². The van der Waals surface area contributed by atoms with Crippen LogP contribution in [0.4, 0.5) is 9.18 Å². The molecule has 0 radical (unpaired) electrons. The van der Waals surface area contributed by atoms with Crippen LogP contribution in [0.5, 0.6) is 5.75 Å². The molecular weight excluding hydrogens is 449 g/mol. The summed E-state index contributed by atoms with van der Waals surface area (Å²) in [4.78, 5) is 25.9. The highest BCUT2D eigenvalue weighted by atomic mass is 79.9. The van der Waals surface area contributed by atoms with Crippen molar-refractivity contribution < 1.29 is 23.5 Å². The maximum absolute atomic E-state index is 13.7. The lowest BCUT2D eigenvalue weighted by Crippen LogP contribution is -2.31. The monoisotopic (exact) mass is 465 g/mol. The van der Waals surface area contributed by atoms with Gasteiger partial charge in [-0.15, -0.1) is 0 Å². The highest BCUT2D eigenvalue weighted by Gasteiger charge is 2.34. The second-order valence-corrected chi connectivity index (χ2v) is 7.74. The Hall–Kier alpha value is -2.16. The number of rotatable bonds is 7. The van der Waals surface area contributed by atoms with Crippen molar-refractivity contribution >= 4 is 44.9 Å². The van der Waals surface area contributed by atoms with Gasteiger partial charge in [0.05, 0.1) is 22.5 Å². The smallest absolute Gasteiger partial charge is 0.293 e. The number of hydrogen-bond donors (Lipinski definition) is 0. The van der Waals surface area contributed by atoms with Crippen molar-refractivity contribution in [2.45, 2.75) is 6.61 Å². The van der Waals surface area contributed by atoms with Gasteiger partial charge in [0.2, 0.25) is 0 Å². The summed E-state index contributed by atoms with van der Waals surface area (Å²) in [5.74, 6) is -0.101. The second-order valence-electron chi connectivity index (χ2n) is 5.90. The Morgan fingerprint density at radius 1 is 1.21 bits per heavy atom. The van der Waals surface area contributed by atoms with E-state index in [1.54, 1.807) is 42.5 Å². The molecule has 0 unspecified atom stereocenters. The second kappa shape index (κ2) is 9.36. The van der Waals surface area contributed by atoms with Gasteiger partial charge in [0.15, 0.2) is 0 Å². The first-order chi connectivity index (χ1) is 13.5. The van der Waals surface area contributed by atoms with Crippen molar-refractivity contribution in [1.29, 1.82) is 0 Å². The third-order valence-electron chi connectivity index (χ3n) is 3.99. The minimum absolute atomic E-state index is 0.100. The van der Waals surface area contributed by atoms with E-state index in [-0.39, 0.29) is 30.1 Å². The number of thioether (sulfide) groups is 1. The molecule has 1 heterocycles. The van der Waals surface area contributed by atoms with E-state index in [1.807, 2.05) is 0 Å². The number of imide groups is 1. The van der Waals surface area contributed by atoms with E-state index in [9.17, 15) is 14.0 Å². The largest absolute Gasteiger partial charge is 0.488 e. The summed E-state index contributed by atoms with van der Waals surface area (Å²) in [6.45, 7) is 0.624. The van der Waals surface area contributed by atoms with Gasteiger partial charge < -0.3 is 9.47 Å². The molecule has 1 fully saturated rings. The van der Waals surface area contributed by atoms with Crippen LogP contribution in [0.3, 0.4) is 0 Å². The fourth-order valence-corrected chi connectivity index (χ4v) is 3.90. The minimum Gasteiger partial charge on any atom is -0.488 e. The molecule has 2 amide bonds. The summed E-state index contributed by atoms with van der Waals surface area (Å²) in [6, 6.07) is 11.7. The van der Waals surface area contributed by atoms with Gasteiger partial charge in [0.25, 0.3) is 11.1 Å². The molecule has 0 N–H and O–H groups in total. The molecule has 0 saturated carbocycles. The quantitative estimate of drug-likeness (QED) is 0.547. The molecule has 0 spiro atoms. The van der Waals surface area contributed by atoms with Gasteiger partial charge in [-0.1, -0.05) is 24.3 Å². The SMILES string of the molecule is COCCN1C(=O)S/C(=C/c2ccc(OCc3ccccc3F)c(Br)c2)C1=O. The lowest BCUT2D eigenvalue weighted by atomic mass is 10.2. The van der Waals surface area contributed by atoms with Gasteiger partial charge in [-0.2, -0.15) is 0 Å². The summed E-state index contributed by atoms with van der Waals surface area (Å²) in [5.41, 5.74) is 1.20. The molecule has 0 atom stereocenters. The van der Waals surface area contributed by atoms with Gasteiger partial charge in [-0.3, -0.25) is 14.5 Å². The highest BCUT2D eigenvalue weighted by Crippen LogP contribution is 2.34. The molecule has 2 aromatic carbocycles. The van der Waals surface area contributed by atoms with Crippen LogP contribution in [0, 0.1) is 5.82 Å². The summed E-state index contributed by atoms with van der Waals surface area (Å²) < 4.78 is 25.0. The van der Waals surface area contributed by atoms with Crippen molar-refractivity contribution in [3.63, 3.8) is 0 Å². The zero-order valence-electron chi connectivity index (χ0n) is 15.0. The van der Waals surface area contributed by atoms with Crippen molar-refractivity contribution in [2.75, 3.05) is 20.3 Å². The molecule has 5 nitrogen and oxygen atoms in total. The van der Waals surface area contributed by atoms with E-state index < -0.39 is 0 Å². The number of hydrogen-bond acceptors (Lipinski definition) is 5. The number of carbonyl (C=O) groups is 2. The van der Waals surface area contributed by atoms with E-state index in [4.69, 9.17) is 9.47 Å². The molecule has 28 heavy (non-hydrogen) atoms. The van der Waals surface area contributed by atoms with Gasteiger partial charge in [-0.25, -0.2) is 4.39 Å². The van der Waals surface area contributed by atoms with E-state index in [1.165, 1.54) is 18.1 Å². The van der Waals surface area contributed by atoms with Crippen molar-refractivity contribution in [3.8, 4) is 5.75 Å². The van der Waals surface area contributed by atoms with Crippen molar-refractivity contribution in [2.24, 2.45) is 0 Å². The van der Waals surface area contributed by atoms with Crippen LogP contribution in [0.1, 0.15) is 11.1 Å². The Balaban J connectivity index is 1.70. The number of amides is 2. The zero-order chi connectivity index (χ0) is 20.1. The lowest BCUT2D eigenvalue weighted by Gasteiger charge is -2.11. The predicted molar refractivity (Wildman–Crippen MR) is 109 cm³/mol. The van der Waals surface area contributed by atoms with Crippen molar-refractivity contribution in [3.05, 3.63) is 68.8 Å². The van der Waals surface area contributed by atoms with Crippen LogP contribution in [-0.2, 0) is 16.1 Å². The summed E-state index contributed by atoms with van der Waals surface area (Å²) >= 11 is 4.33. The predicted octanol–water partition coefficient (Wildman–Crippen LogP) is 4.85. The number of methoxy groups -OCH3 is 1. The topological polar surface area (TPSA) is 55.8 Å². The van der Waals surface area contributed by atoms with Gasteiger partial charge in [0.1, 0.15) is 18.2 Å². The Morgan fingerprint density at radius 2 is 2.00 bits per heavy atom. The molecule has 146 valence electrons. The van der Waals surface area contributed by atoms with Gasteiger partial charge >= 0.3 is 0 Å². The summed E-state index contributed by atoms with van der Waals surface area (Å²) in [6.07, 6.45) is 1.66. The number of nitrogens with zero attached hydrogens (tertiary/aromatic N) is 1. The Kier molecular flexibility index (Phi) is 6.88. The first-order valence-corrected chi connectivity index (χ1v) is 10.0. The maximum atomic E-state index is 13.7. The van der Waals surface area contributed by atoms with E-state index in [2.05, 4.69) is 15.9 Å². The first-order valence-electron chi connectivity index (χ1n) is 8.39. The normalized spacial score (nSPS) is 15.5. The molecular formula is C20H17BrFNO4S. The first kappa shape index (κ1) is 20.6. The highest BCUT2D eigenvalue weighted by molar-refractivity contribution is 9.10. The number of carbonyl (C=O) groups excluding carboxylic acids is 2. The third kappa shape index (κ3) is 4.81. The third-order valence-corrected chi connectivity index (χ3v) is 5.51. The lowest BCUT2D eigenvalue weighted by molar-refractivity contribution is -0.123. The van der Waals surface area contributed by atoms with Crippen LogP contribution in [0.2, 0.25) is 0 Å². The van der Waals surface area contributed by atoms with Crippen LogP contribution < -0.4 is 4.74 Å². The molecule has 1 saturated heterocycles. The van der Waals surface area contributed by atoms with E-state index in [0.29, 0.717) is 27.3 Å². The van der Waals surface area contributed by atoms with Crippen LogP contribution in [0.15, 0.2) is 51.8 Å². The van der Waals surface area contributed by atoms with E-state index >= 15 is 0 Å². The molecule has 2 aromatic rings. The number of halogens is 2. The Morgan fingerprint density at radius 3 is 2.71 bits per heavy atom. The minimum atomic E-state index is -0.331. The molecule has 8 heteroatoms. The molecule has 0 aromatic heterocycles. The van der Waals surface area contributed by atoms with Crippen LogP contribution in [0.25, 0.3) is 6.08 Å². The molecule has 3 rings (SSSR count). The van der Waals surface area contributed by atoms with E-state index in [0.717, 1.165) is 17.3 Å². The number of benzene rings is 2. The summed E-state index contributed by atoms with van der Waals surface area (Å²) in [5, 5.41) is -0.308. The Bertz CT molecular complexity index is 934. The van der Waals surface area contributed by atoms with Crippen LogP contribution in [-0.4, -0.2) is 36.3 Å². The molecule has 0 bridgehead atoms. The van der Waals surface area contributed by atoms with Crippen LogP contribution >= 0.6 is 27.7 Å². The summed E-state index contributed by atoms with van der Waals surface area (Å²) in [7, 11) is 1.52. The molecule has 1 aliphatic heterocycles. The number of ether oxygens (including phenoxy) is 2. The fraction of sp³-hybridized carbons (Fsp3) is 0.200. The molecule has 0 aliphatic carbocycles. The standard InChI is InChI=1S/C20H17BrFNO4S/c1-26-9-8-23-19(24)18(28-20(23)25)11-13-6-7-17(15(21)10-13)27-12-14-4-2-3-5-16(14)22/h2-7,10-11H,8-9,12H2,1H3/b18-11+.